The zero-order valence-electron chi connectivity index (χ0n) is 14.7. The summed E-state index contributed by atoms with van der Waals surface area (Å²) in [5, 5.41) is 9.57. The Morgan fingerprint density at radius 3 is 2.44 bits per heavy atom. The van der Waals surface area contributed by atoms with Gasteiger partial charge in [0.25, 0.3) is 0 Å². The van der Waals surface area contributed by atoms with Crippen molar-refractivity contribution in [3.05, 3.63) is 23.8 Å². The van der Waals surface area contributed by atoms with Crippen LogP contribution in [0.25, 0.3) is 0 Å². The first-order valence-corrected chi connectivity index (χ1v) is 8.77. The highest BCUT2D eigenvalue weighted by atomic mass is 16.5. The Morgan fingerprint density at radius 1 is 1.16 bits per heavy atom. The molecule has 2 fully saturated rings. The zero-order valence-corrected chi connectivity index (χ0v) is 14.7. The second kappa shape index (κ2) is 7.33. The third-order valence-corrected chi connectivity index (χ3v) is 5.50. The molecule has 1 aliphatic heterocycles. The van der Waals surface area contributed by atoms with E-state index in [0.717, 1.165) is 24.8 Å². The molecule has 0 bridgehead atoms. The van der Waals surface area contributed by atoms with E-state index >= 15 is 0 Å². The third-order valence-electron chi connectivity index (χ3n) is 5.50. The SMILES string of the molecule is COc1cc(CCC(=O)N2CC3CCCC3C2C(=O)O)cc(OC)c1. The number of carbonyl (C=O) groups is 2. The molecule has 136 valence electrons. The maximum atomic E-state index is 12.7. The molecule has 1 aromatic rings. The Morgan fingerprint density at radius 2 is 1.84 bits per heavy atom. The van der Waals surface area contributed by atoms with Gasteiger partial charge < -0.3 is 19.5 Å². The van der Waals surface area contributed by atoms with Crippen molar-refractivity contribution in [1.82, 2.24) is 4.90 Å². The van der Waals surface area contributed by atoms with Gasteiger partial charge in [0.2, 0.25) is 5.91 Å². The lowest BCUT2D eigenvalue weighted by Gasteiger charge is -2.24. The first-order chi connectivity index (χ1) is 12.0. The minimum Gasteiger partial charge on any atom is -0.497 e. The van der Waals surface area contributed by atoms with Crippen LogP contribution in [0.5, 0.6) is 11.5 Å². The number of ether oxygens (including phenoxy) is 2. The van der Waals surface area contributed by atoms with Gasteiger partial charge in [0.15, 0.2) is 0 Å². The quantitative estimate of drug-likeness (QED) is 0.855. The molecule has 6 nitrogen and oxygen atoms in total. The van der Waals surface area contributed by atoms with Gasteiger partial charge in [-0.15, -0.1) is 0 Å². The predicted octanol–water partition coefficient (Wildman–Crippen LogP) is 2.35. The van der Waals surface area contributed by atoms with Crippen molar-refractivity contribution in [3.63, 3.8) is 0 Å². The maximum Gasteiger partial charge on any atom is 0.326 e. The molecule has 25 heavy (non-hydrogen) atoms. The summed E-state index contributed by atoms with van der Waals surface area (Å²) in [6.07, 6.45) is 3.85. The predicted molar refractivity (Wildman–Crippen MR) is 91.8 cm³/mol. The summed E-state index contributed by atoms with van der Waals surface area (Å²) in [5.41, 5.74) is 0.941. The van der Waals surface area contributed by atoms with Crippen LogP contribution < -0.4 is 9.47 Å². The van der Waals surface area contributed by atoms with Gasteiger partial charge in [-0.3, -0.25) is 4.79 Å². The summed E-state index contributed by atoms with van der Waals surface area (Å²) in [5.74, 6) is 0.886. The Kier molecular flexibility index (Phi) is 5.16. The van der Waals surface area contributed by atoms with E-state index in [1.54, 1.807) is 25.2 Å². The smallest absolute Gasteiger partial charge is 0.326 e. The molecule has 1 heterocycles. The number of carboxylic acid groups (broad SMARTS) is 1. The van der Waals surface area contributed by atoms with Crippen LogP contribution in [0.15, 0.2) is 18.2 Å². The van der Waals surface area contributed by atoms with Crippen LogP contribution in [0.2, 0.25) is 0 Å². The average molecular weight is 347 g/mol. The normalized spacial score (nSPS) is 24.9. The van der Waals surface area contributed by atoms with Crippen molar-refractivity contribution in [3.8, 4) is 11.5 Å². The van der Waals surface area contributed by atoms with Crippen LogP contribution in [-0.4, -0.2) is 48.7 Å². The summed E-state index contributed by atoms with van der Waals surface area (Å²) >= 11 is 0. The number of nitrogens with zero attached hydrogens (tertiary/aromatic N) is 1. The number of aryl methyl sites for hydroxylation is 1. The lowest BCUT2D eigenvalue weighted by Crippen LogP contribution is -2.43. The Balaban J connectivity index is 1.67. The van der Waals surface area contributed by atoms with Crippen LogP contribution in [0.3, 0.4) is 0 Å². The molecule has 1 aliphatic carbocycles. The van der Waals surface area contributed by atoms with Crippen molar-refractivity contribution in [1.29, 1.82) is 0 Å². The molecule has 0 aromatic heterocycles. The molecule has 1 aromatic carbocycles. The zero-order chi connectivity index (χ0) is 18.0. The van der Waals surface area contributed by atoms with Gasteiger partial charge in [0, 0.05) is 19.0 Å². The molecule has 0 radical (unpaired) electrons. The first-order valence-electron chi connectivity index (χ1n) is 8.77. The summed E-state index contributed by atoms with van der Waals surface area (Å²) < 4.78 is 10.5. The molecule has 3 unspecified atom stereocenters. The summed E-state index contributed by atoms with van der Waals surface area (Å²) in [6, 6.07) is 4.89. The fourth-order valence-electron chi connectivity index (χ4n) is 4.28. The summed E-state index contributed by atoms with van der Waals surface area (Å²) in [4.78, 5) is 25.9. The van der Waals surface area contributed by atoms with Crippen molar-refractivity contribution in [2.24, 2.45) is 11.8 Å². The number of amides is 1. The molecule has 3 atom stereocenters. The van der Waals surface area contributed by atoms with Crippen LogP contribution in [-0.2, 0) is 16.0 Å². The highest BCUT2D eigenvalue weighted by Gasteiger charge is 2.49. The largest absolute Gasteiger partial charge is 0.497 e. The monoisotopic (exact) mass is 347 g/mol. The molecule has 2 aliphatic rings. The second-order valence-corrected chi connectivity index (χ2v) is 6.90. The van der Waals surface area contributed by atoms with Gasteiger partial charge in [-0.05, 0) is 48.8 Å². The molecular formula is C19H25NO5. The van der Waals surface area contributed by atoms with Crippen LogP contribution in [0.1, 0.15) is 31.2 Å². The molecule has 1 N–H and O–H groups in total. The van der Waals surface area contributed by atoms with Crippen molar-refractivity contribution in [2.45, 2.75) is 38.1 Å². The lowest BCUT2D eigenvalue weighted by molar-refractivity contribution is -0.149. The number of aliphatic carboxylic acids is 1. The van der Waals surface area contributed by atoms with Gasteiger partial charge in [-0.25, -0.2) is 4.79 Å². The van der Waals surface area contributed by atoms with Gasteiger partial charge >= 0.3 is 5.97 Å². The van der Waals surface area contributed by atoms with Crippen LogP contribution in [0.4, 0.5) is 0 Å². The molecule has 1 amide bonds. The molecule has 6 heteroatoms. The van der Waals surface area contributed by atoms with E-state index in [1.165, 1.54) is 0 Å². The van der Waals surface area contributed by atoms with Gasteiger partial charge in [-0.1, -0.05) is 6.42 Å². The van der Waals surface area contributed by atoms with E-state index in [-0.39, 0.29) is 11.8 Å². The lowest BCUT2D eigenvalue weighted by atomic mass is 9.94. The van der Waals surface area contributed by atoms with E-state index in [4.69, 9.17) is 9.47 Å². The number of methoxy groups -OCH3 is 2. The third kappa shape index (κ3) is 3.57. The molecule has 3 rings (SSSR count). The van der Waals surface area contributed by atoms with Gasteiger partial charge in [0.1, 0.15) is 17.5 Å². The molecule has 0 spiro atoms. The number of benzene rings is 1. The Hall–Kier alpha value is -2.24. The Bertz CT molecular complexity index is 637. The van der Waals surface area contributed by atoms with Gasteiger partial charge in [0.05, 0.1) is 14.2 Å². The van der Waals surface area contributed by atoms with Crippen molar-refractivity contribution >= 4 is 11.9 Å². The topological polar surface area (TPSA) is 76.1 Å². The first kappa shape index (κ1) is 17.6. The minimum atomic E-state index is -0.870. The number of carboxylic acids is 1. The van der Waals surface area contributed by atoms with Crippen LogP contribution >= 0.6 is 0 Å². The van der Waals surface area contributed by atoms with Crippen molar-refractivity contribution < 1.29 is 24.2 Å². The van der Waals surface area contributed by atoms with E-state index in [2.05, 4.69) is 0 Å². The van der Waals surface area contributed by atoms with E-state index in [1.807, 2.05) is 12.1 Å². The highest BCUT2D eigenvalue weighted by Crippen LogP contribution is 2.42. The Labute approximate surface area is 147 Å². The van der Waals surface area contributed by atoms with Gasteiger partial charge in [-0.2, -0.15) is 0 Å². The summed E-state index contributed by atoms with van der Waals surface area (Å²) in [6.45, 7) is 0.585. The molecule has 1 saturated carbocycles. The average Bonchev–Trinajstić information content (AvgIpc) is 3.19. The van der Waals surface area contributed by atoms with Crippen molar-refractivity contribution in [2.75, 3.05) is 20.8 Å². The van der Waals surface area contributed by atoms with E-state index in [9.17, 15) is 14.7 Å². The van der Waals surface area contributed by atoms with E-state index < -0.39 is 12.0 Å². The fraction of sp³-hybridized carbons (Fsp3) is 0.579. The number of fused-ring (bicyclic) bond motifs is 1. The summed E-state index contributed by atoms with van der Waals surface area (Å²) in [7, 11) is 3.17. The molecule has 1 saturated heterocycles. The fourth-order valence-corrected chi connectivity index (χ4v) is 4.28. The number of hydrogen-bond donors (Lipinski definition) is 1. The number of hydrogen-bond acceptors (Lipinski definition) is 4. The minimum absolute atomic E-state index is 0.0800. The highest BCUT2D eigenvalue weighted by molar-refractivity contribution is 5.85. The maximum absolute atomic E-state index is 12.7. The number of likely N-dealkylation sites (tertiary alicyclic amines) is 1. The second-order valence-electron chi connectivity index (χ2n) is 6.90. The standard InChI is InChI=1S/C19H25NO5/c1-24-14-8-12(9-15(10-14)25-2)6-7-17(21)20-11-13-4-3-5-16(13)18(20)19(22)23/h8-10,13,16,18H,3-7,11H2,1-2H3,(H,22,23). The van der Waals surface area contributed by atoms with Crippen LogP contribution in [0, 0.1) is 11.8 Å². The number of carbonyl (C=O) groups excluding carboxylic acids is 1. The van der Waals surface area contributed by atoms with E-state index in [0.29, 0.717) is 36.8 Å². The molecular weight excluding hydrogens is 322 g/mol. The number of rotatable bonds is 6.